The first kappa shape index (κ1) is 19.3. The van der Waals surface area contributed by atoms with Crippen LogP contribution in [0, 0.1) is 27.7 Å². The van der Waals surface area contributed by atoms with Crippen molar-refractivity contribution in [1.82, 2.24) is 14.8 Å². The number of fused-ring (bicyclic) bond motifs is 1. The van der Waals surface area contributed by atoms with Gasteiger partial charge in [-0.05, 0) is 62.6 Å². The van der Waals surface area contributed by atoms with Gasteiger partial charge in [0.1, 0.15) is 0 Å². The summed E-state index contributed by atoms with van der Waals surface area (Å²) in [6.45, 7) is 9.25. The van der Waals surface area contributed by atoms with Gasteiger partial charge in [-0.2, -0.15) is 5.10 Å². The molecule has 0 spiro atoms. The Kier molecular flexibility index (Phi) is 5.20. The molecule has 2 heterocycles. The van der Waals surface area contributed by atoms with Gasteiger partial charge >= 0.3 is 0 Å². The molecule has 1 amide bonds. The number of anilines is 1. The summed E-state index contributed by atoms with van der Waals surface area (Å²) in [5.41, 5.74) is 6.06. The molecule has 0 N–H and O–H groups in total. The van der Waals surface area contributed by atoms with Crippen molar-refractivity contribution < 1.29 is 4.79 Å². The molecule has 0 aliphatic heterocycles. The highest BCUT2D eigenvalue weighted by atomic mass is 32.1. The highest BCUT2D eigenvalue weighted by Gasteiger charge is 2.23. The van der Waals surface area contributed by atoms with Crippen LogP contribution in [-0.4, -0.2) is 27.2 Å². The van der Waals surface area contributed by atoms with Gasteiger partial charge < -0.3 is 0 Å². The standard InChI is InChI=1S/C23H24N4OS/c1-15-6-7-17(3)19(13-15)22(28)27(11-10-26-9-5-8-24-26)23-25-21-18(4)12-16(2)14-20(21)29-23/h5-9,12-14H,10-11H2,1-4H3. The van der Waals surface area contributed by atoms with E-state index in [9.17, 15) is 4.79 Å². The first-order valence-corrected chi connectivity index (χ1v) is 10.5. The summed E-state index contributed by atoms with van der Waals surface area (Å²) in [6, 6.07) is 12.1. The smallest absolute Gasteiger partial charge is 0.260 e. The van der Waals surface area contributed by atoms with Gasteiger partial charge in [0.2, 0.25) is 0 Å². The first-order valence-electron chi connectivity index (χ1n) is 9.67. The number of carbonyl (C=O) groups excluding carboxylic acids is 1. The second-order valence-electron chi connectivity index (χ2n) is 7.47. The van der Waals surface area contributed by atoms with Crippen LogP contribution in [0.5, 0.6) is 0 Å². The number of aromatic nitrogens is 3. The highest BCUT2D eigenvalue weighted by molar-refractivity contribution is 7.22. The van der Waals surface area contributed by atoms with Crippen molar-refractivity contribution in [3.63, 3.8) is 0 Å². The molecule has 0 aliphatic carbocycles. The van der Waals surface area contributed by atoms with Crippen LogP contribution in [0.25, 0.3) is 10.2 Å². The number of nitrogens with zero attached hydrogens (tertiary/aromatic N) is 4. The molecule has 0 atom stereocenters. The van der Waals surface area contributed by atoms with Crippen molar-refractivity contribution in [2.45, 2.75) is 34.2 Å². The quantitative estimate of drug-likeness (QED) is 0.466. The van der Waals surface area contributed by atoms with Gasteiger partial charge in [0, 0.05) is 24.5 Å². The lowest BCUT2D eigenvalue weighted by atomic mass is 10.0. The van der Waals surface area contributed by atoms with Gasteiger partial charge in [0.25, 0.3) is 5.91 Å². The van der Waals surface area contributed by atoms with Crippen LogP contribution < -0.4 is 4.90 Å². The van der Waals surface area contributed by atoms with Gasteiger partial charge in [-0.15, -0.1) is 0 Å². The number of thiazole rings is 1. The van der Waals surface area contributed by atoms with Gasteiger partial charge in [-0.1, -0.05) is 35.1 Å². The van der Waals surface area contributed by atoms with Gasteiger partial charge in [-0.3, -0.25) is 14.4 Å². The fraction of sp³-hybridized carbons (Fsp3) is 0.261. The Hall–Kier alpha value is -2.99. The van der Waals surface area contributed by atoms with E-state index < -0.39 is 0 Å². The minimum Gasteiger partial charge on any atom is -0.282 e. The zero-order valence-electron chi connectivity index (χ0n) is 17.1. The van der Waals surface area contributed by atoms with Crippen molar-refractivity contribution >= 4 is 32.6 Å². The lowest BCUT2D eigenvalue weighted by Crippen LogP contribution is -2.34. The topological polar surface area (TPSA) is 51.0 Å². The fourth-order valence-electron chi connectivity index (χ4n) is 3.51. The van der Waals surface area contributed by atoms with Gasteiger partial charge in [0.05, 0.1) is 16.8 Å². The van der Waals surface area contributed by atoms with E-state index in [-0.39, 0.29) is 5.91 Å². The van der Waals surface area contributed by atoms with Gasteiger partial charge in [0.15, 0.2) is 5.13 Å². The Morgan fingerprint density at radius 2 is 1.90 bits per heavy atom. The normalized spacial score (nSPS) is 11.2. The summed E-state index contributed by atoms with van der Waals surface area (Å²) in [7, 11) is 0. The minimum absolute atomic E-state index is 0.0215. The molecule has 0 saturated heterocycles. The molecule has 2 aromatic heterocycles. The van der Waals surface area contributed by atoms with Crippen LogP contribution in [0.15, 0.2) is 48.8 Å². The van der Waals surface area contributed by atoms with Crippen LogP contribution in [0.3, 0.4) is 0 Å². The predicted octanol–water partition coefficient (Wildman–Crippen LogP) is 5.07. The van der Waals surface area contributed by atoms with E-state index in [0.29, 0.717) is 13.1 Å². The van der Waals surface area contributed by atoms with E-state index >= 15 is 0 Å². The average molecular weight is 405 g/mol. The second-order valence-corrected chi connectivity index (χ2v) is 8.48. The molecular weight excluding hydrogens is 380 g/mol. The molecule has 5 nitrogen and oxygen atoms in total. The van der Waals surface area contributed by atoms with Crippen LogP contribution in [0.1, 0.15) is 32.6 Å². The van der Waals surface area contributed by atoms with Crippen LogP contribution >= 0.6 is 11.3 Å². The van der Waals surface area contributed by atoms with Crippen molar-refractivity contribution in [1.29, 1.82) is 0 Å². The Balaban J connectivity index is 1.76. The van der Waals surface area contributed by atoms with E-state index in [1.54, 1.807) is 22.4 Å². The predicted molar refractivity (Wildman–Crippen MR) is 119 cm³/mol. The van der Waals surface area contributed by atoms with E-state index in [1.165, 1.54) is 5.56 Å². The van der Waals surface area contributed by atoms with E-state index in [2.05, 4.69) is 31.1 Å². The zero-order valence-corrected chi connectivity index (χ0v) is 18.0. The number of hydrogen-bond acceptors (Lipinski definition) is 4. The summed E-state index contributed by atoms with van der Waals surface area (Å²) in [6.07, 6.45) is 3.66. The summed E-state index contributed by atoms with van der Waals surface area (Å²) in [5.74, 6) is -0.0215. The first-order chi connectivity index (χ1) is 13.9. The van der Waals surface area contributed by atoms with Crippen LogP contribution in [-0.2, 0) is 6.54 Å². The molecule has 0 fully saturated rings. The van der Waals surface area contributed by atoms with Crippen molar-refractivity contribution in [2.75, 3.05) is 11.4 Å². The van der Waals surface area contributed by atoms with Gasteiger partial charge in [-0.25, -0.2) is 4.98 Å². The number of benzene rings is 2. The lowest BCUT2D eigenvalue weighted by Gasteiger charge is -2.21. The minimum atomic E-state index is -0.0215. The summed E-state index contributed by atoms with van der Waals surface area (Å²) >= 11 is 1.57. The molecule has 148 valence electrons. The molecule has 0 unspecified atom stereocenters. The largest absolute Gasteiger partial charge is 0.282 e. The molecule has 0 saturated carbocycles. The zero-order chi connectivity index (χ0) is 20.5. The van der Waals surface area contributed by atoms with Crippen molar-refractivity contribution in [3.05, 3.63) is 76.6 Å². The molecule has 4 aromatic rings. The van der Waals surface area contributed by atoms with Crippen LogP contribution in [0.2, 0.25) is 0 Å². The maximum atomic E-state index is 13.6. The number of rotatable bonds is 5. The average Bonchev–Trinajstić information content (AvgIpc) is 3.33. The van der Waals surface area contributed by atoms with E-state index in [4.69, 9.17) is 4.98 Å². The second kappa shape index (κ2) is 7.79. The lowest BCUT2D eigenvalue weighted by molar-refractivity contribution is 0.0985. The number of aryl methyl sites for hydroxylation is 4. The summed E-state index contributed by atoms with van der Waals surface area (Å²) in [4.78, 5) is 20.2. The molecular formula is C23H24N4OS. The molecule has 0 aliphatic rings. The van der Waals surface area contributed by atoms with E-state index in [0.717, 1.165) is 37.6 Å². The molecule has 6 heteroatoms. The SMILES string of the molecule is Cc1ccc(C)c(C(=O)N(CCn2cccn2)c2nc3c(C)cc(C)cc3s2)c1. The highest BCUT2D eigenvalue weighted by Crippen LogP contribution is 2.32. The third-order valence-electron chi connectivity index (χ3n) is 5.03. The Labute approximate surface area is 174 Å². The monoisotopic (exact) mass is 404 g/mol. The number of carbonyl (C=O) groups is 1. The molecule has 4 rings (SSSR count). The van der Waals surface area contributed by atoms with Crippen molar-refractivity contribution in [2.24, 2.45) is 0 Å². The third kappa shape index (κ3) is 3.93. The molecule has 0 radical (unpaired) electrons. The molecule has 0 bridgehead atoms. The van der Waals surface area contributed by atoms with Crippen molar-refractivity contribution in [3.8, 4) is 0 Å². The molecule has 2 aromatic carbocycles. The maximum absolute atomic E-state index is 13.6. The van der Waals surface area contributed by atoms with Crippen LogP contribution in [0.4, 0.5) is 5.13 Å². The third-order valence-corrected chi connectivity index (χ3v) is 6.06. The Morgan fingerprint density at radius 1 is 1.07 bits per heavy atom. The number of hydrogen-bond donors (Lipinski definition) is 0. The Morgan fingerprint density at radius 3 is 2.66 bits per heavy atom. The summed E-state index contributed by atoms with van der Waals surface area (Å²) < 4.78 is 2.95. The molecule has 29 heavy (non-hydrogen) atoms. The maximum Gasteiger partial charge on any atom is 0.260 e. The Bertz CT molecular complexity index is 1180. The van der Waals surface area contributed by atoms with E-state index in [1.807, 2.05) is 49.0 Å². The fourth-order valence-corrected chi connectivity index (χ4v) is 4.67. The number of amides is 1. The summed E-state index contributed by atoms with van der Waals surface area (Å²) in [5, 5.41) is 5.00.